The van der Waals surface area contributed by atoms with Gasteiger partial charge in [0.2, 0.25) is 0 Å². The highest BCUT2D eigenvalue weighted by molar-refractivity contribution is 6.34. The predicted molar refractivity (Wildman–Crippen MR) is 70.5 cm³/mol. The highest BCUT2D eigenvalue weighted by atomic mass is 35.5. The van der Waals surface area contributed by atoms with Crippen LogP contribution in [0.3, 0.4) is 0 Å². The Bertz CT molecular complexity index is 518. The third-order valence-electron chi connectivity index (χ3n) is 2.80. The molecule has 0 aliphatic heterocycles. The van der Waals surface area contributed by atoms with E-state index in [1.54, 1.807) is 0 Å². The summed E-state index contributed by atoms with van der Waals surface area (Å²) in [6.45, 7) is 0.0511. The number of amides is 1. The van der Waals surface area contributed by atoms with Crippen LogP contribution >= 0.6 is 23.2 Å². The van der Waals surface area contributed by atoms with Crippen LogP contribution in [0.1, 0.15) is 23.3 Å². The first-order chi connectivity index (χ1) is 8.97. The molecule has 1 fully saturated rings. The minimum absolute atomic E-state index is 0.00364. The molecule has 1 amide bonds. The Labute approximate surface area is 120 Å². The van der Waals surface area contributed by atoms with Gasteiger partial charge in [-0.05, 0) is 30.9 Å². The Morgan fingerprint density at radius 3 is 2.63 bits per heavy atom. The van der Waals surface area contributed by atoms with Crippen molar-refractivity contribution in [3.8, 4) is 0 Å². The van der Waals surface area contributed by atoms with Gasteiger partial charge < -0.3 is 10.0 Å². The van der Waals surface area contributed by atoms with Crippen molar-refractivity contribution in [3.63, 3.8) is 0 Å². The van der Waals surface area contributed by atoms with Crippen molar-refractivity contribution in [2.24, 2.45) is 5.92 Å². The van der Waals surface area contributed by atoms with Crippen LogP contribution < -0.4 is 0 Å². The van der Waals surface area contributed by atoms with Gasteiger partial charge >= 0.3 is 5.97 Å². The molecule has 0 saturated heterocycles. The SMILES string of the molecule is O=C(O)CN(CC1CC1)C(=O)c1nc(Cl)ccc1Cl. The zero-order chi connectivity index (χ0) is 14.0. The molecular formula is C12H12Cl2N2O3. The van der Waals surface area contributed by atoms with E-state index in [9.17, 15) is 9.59 Å². The normalized spacial score (nSPS) is 14.2. The van der Waals surface area contributed by atoms with Crippen LogP contribution in [-0.2, 0) is 4.79 Å². The Morgan fingerprint density at radius 1 is 1.37 bits per heavy atom. The van der Waals surface area contributed by atoms with E-state index in [0.717, 1.165) is 12.8 Å². The number of aliphatic carboxylic acids is 1. The van der Waals surface area contributed by atoms with Gasteiger partial charge in [0.05, 0.1) is 5.02 Å². The van der Waals surface area contributed by atoms with Crippen LogP contribution in [0.2, 0.25) is 10.2 Å². The number of rotatable bonds is 5. The summed E-state index contributed by atoms with van der Waals surface area (Å²) in [5.74, 6) is -1.18. The molecule has 0 atom stereocenters. The fourth-order valence-corrected chi connectivity index (χ4v) is 2.05. The van der Waals surface area contributed by atoms with E-state index >= 15 is 0 Å². The van der Waals surface area contributed by atoms with Gasteiger partial charge in [0, 0.05) is 6.54 Å². The Morgan fingerprint density at radius 2 is 2.05 bits per heavy atom. The van der Waals surface area contributed by atoms with E-state index in [2.05, 4.69) is 4.98 Å². The molecule has 0 aromatic carbocycles. The van der Waals surface area contributed by atoms with Crippen molar-refractivity contribution in [3.05, 3.63) is 28.0 Å². The van der Waals surface area contributed by atoms with E-state index in [0.29, 0.717) is 12.5 Å². The molecule has 1 heterocycles. The molecule has 0 unspecified atom stereocenters. The molecule has 0 bridgehead atoms. The predicted octanol–water partition coefficient (Wildman–Crippen LogP) is 2.33. The highest BCUT2D eigenvalue weighted by Crippen LogP contribution is 2.30. The van der Waals surface area contributed by atoms with Gasteiger partial charge in [-0.3, -0.25) is 9.59 Å². The van der Waals surface area contributed by atoms with Crippen LogP contribution in [0.15, 0.2) is 12.1 Å². The average molecular weight is 303 g/mol. The lowest BCUT2D eigenvalue weighted by molar-refractivity contribution is -0.137. The molecule has 102 valence electrons. The maximum absolute atomic E-state index is 12.3. The van der Waals surface area contributed by atoms with Crippen molar-refractivity contribution in [1.29, 1.82) is 0 Å². The summed E-state index contributed by atoms with van der Waals surface area (Å²) in [5.41, 5.74) is -0.00364. The van der Waals surface area contributed by atoms with Crippen molar-refractivity contribution in [2.75, 3.05) is 13.1 Å². The van der Waals surface area contributed by atoms with Gasteiger partial charge in [-0.1, -0.05) is 23.2 Å². The first kappa shape index (κ1) is 14.1. The quantitative estimate of drug-likeness (QED) is 0.847. The molecule has 7 heteroatoms. The smallest absolute Gasteiger partial charge is 0.323 e. The number of carbonyl (C=O) groups is 2. The molecule has 1 saturated carbocycles. The summed E-state index contributed by atoms with van der Waals surface area (Å²) in [7, 11) is 0. The third-order valence-corrected chi connectivity index (χ3v) is 3.32. The van der Waals surface area contributed by atoms with Crippen LogP contribution in [0, 0.1) is 5.92 Å². The molecular weight excluding hydrogens is 291 g/mol. The lowest BCUT2D eigenvalue weighted by Gasteiger charge is -2.20. The second kappa shape index (κ2) is 5.75. The van der Waals surface area contributed by atoms with E-state index in [1.165, 1.54) is 17.0 Å². The van der Waals surface area contributed by atoms with E-state index in [1.807, 2.05) is 0 Å². The monoisotopic (exact) mass is 302 g/mol. The fourth-order valence-electron chi connectivity index (χ4n) is 1.71. The average Bonchev–Trinajstić information content (AvgIpc) is 3.14. The maximum atomic E-state index is 12.3. The number of hydrogen-bond donors (Lipinski definition) is 1. The molecule has 1 aliphatic carbocycles. The number of pyridine rings is 1. The van der Waals surface area contributed by atoms with Crippen LogP contribution in [0.4, 0.5) is 0 Å². The van der Waals surface area contributed by atoms with Gasteiger partial charge in [-0.25, -0.2) is 4.98 Å². The number of aromatic nitrogens is 1. The maximum Gasteiger partial charge on any atom is 0.323 e. The summed E-state index contributed by atoms with van der Waals surface area (Å²) in [5, 5.41) is 9.18. The molecule has 1 aliphatic rings. The molecule has 19 heavy (non-hydrogen) atoms. The summed E-state index contributed by atoms with van der Waals surface area (Å²) >= 11 is 11.6. The molecule has 5 nitrogen and oxygen atoms in total. The number of carboxylic acids is 1. The van der Waals surface area contributed by atoms with Crippen LogP contribution in [0.5, 0.6) is 0 Å². The third kappa shape index (κ3) is 3.81. The first-order valence-corrected chi connectivity index (χ1v) is 6.56. The topological polar surface area (TPSA) is 70.5 Å². The van der Waals surface area contributed by atoms with Gasteiger partial charge in [0.1, 0.15) is 17.4 Å². The minimum Gasteiger partial charge on any atom is -0.480 e. The molecule has 2 rings (SSSR count). The van der Waals surface area contributed by atoms with Crippen molar-refractivity contribution >= 4 is 35.1 Å². The minimum atomic E-state index is -1.06. The summed E-state index contributed by atoms with van der Waals surface area (Å²) in [6, 6.07) is 2.95. The van der Waals surface area contributed by atoms with E-state index in [4.69, 9.17) is 28.3 Å². The second-order valence-corrected chi connectivity index (χ2v) is 5.28. The molecule has 1 N–H and O–H groups in total. The van der Waals surface area contributed by atoms with Crippen molar-refractivity contribution in [1.82, 2.24) is 9.88 Å². The van der Waals surface area contributed by atoms with Crippen molar-refractivity contribution < 1.29 is 14.7 Å². The Kier molecular flexibility index (Phi) is 4.27. The lowest BCUT2D eigenvalue weighted by atomic mass is 10.2. The molecule has 1 aromatic heterocycles. The van der Waals surface area contributed by atoms with Gasteiger partial charge in [-0.2, -0.15) is 0 Å². The second-order valence-electron chi connectivity index (χ2n) is 4.49. The summed E-state index contributed by atoms with van der Waals surface area (Å²) < 4.78 is 0. The number of hydrogen-bond acceptors (Lipinski definition) is 3. The van der Waals surface area contributed by atoms with Gasteiger partial charge in [-0.15, -0.1) is 0 Å². The Balaban J connectivity index is 2.21. The summed E-state index contributed by atoms with van der Waals surface area (Å²) in [4.78, 5) is 28.2. The zero-order valence-electron chi connectivity index (χ0n) is 9.97. The van der Waals surface area contributed by atoms with Crippen molar-refractivity contribution in [2.45, 2.75) is 12.8 Å². The van der Waals surface area contributed by atoms with Crippen LogP contribution in [-0.4, -0.2) is 40.0 Å². The summed E-state index contributed by atoms with van der Waals surface area (Å²) in [6.07, 6.45) is 2.03. The van der Waals surface area contributed by atoms with Crippen LogP contribution in [0.25, 0.3) is 0 Å². The Hall–Kier alpha value is -1.33. The molecule has 0 radical (unpaired) electrons. The number of carbonyl (C=O) groups excluding carboxylic acids is 1. The van der Waals surface area contributed by atoms with E-state index in [-0.39, 0.29) is 22.4 Å². The van der Waals surface area contributed by atoms with E-state index < -0.39 is 11.9 Å². The molecule has 1 aromatic rings. The standard InChI is InChI=1S/C12H12Cl2N2O3/c13-8-3-4-9(14)15-11(8)12(19)16(6-10(17)18)5-7-1-2-7/h3-4,7H,1-2,5-6H2,(H,17,18). The number of carboxylic acid groups (broad SMARTS) is 1. The largest absolute Gasteiger partial charge is 0.480 e. The fraction of sp³-hybridized carbons (Fsp3) is 0.417. The van der Waals surface area contributed by atoms with Gasteiger partial charge in [0.25, 0.3) is 5.91 Å². The lowest BCUT2D eigenvalue weighted by Crippen LogP contribution is -2.37. The number of halogens is 2. The number of nitrogens with zero attached hydrogens (tertiary/aromatic N) is 2. The zero-order valence-corrected chi connectivity index (χ0v) is 11.5. The molecule has 0 spiro atoms. The van der Waals surface area contributed by atoms with Gasteiger partial charge in [0.15, 0.2) is 0 Å². The highest BCUT2D eigenvalue weighted by Gasteiger charge is 2.29. The first-order valence-electron chi connectivity index (χ1n) is 5.80.